The molecule has 126 valence electrons. The van der Waals surface area contributed by atoms with E-state index in [2.05, 4.69) is 4.74 Å². The molecular formula is C18H13NO6. The fourth-order valence-electron chi connectivity index (χ4n) is 2.81. The van der Waals surface area contributed by atoms with Gasteiger partial charge in [-0.2, -0.15) is 0 Å². The molecule has 0 amide bonds. The van der Waals surface area contributed by atoms with Crippen molar-refractivity contribution in [3.63, 3.8) is 0 Å². The minimum atomic E-state index is -1.06. The zero-order valence-electron chi connectivity index (χ0n) is 13.4. The Morgan fingerprint density at radius 2 is 1.76 bits per heavy atom. The third-order valence-corrected chi connectivity index (χ3v) is 3.96. The number of aryl methyl sites for hydroxylation is 1. The smallest absolute Gasteiger partial charge is 0.337 e. The first-order chi connectivity index (χ1) is 11.8. The highest BCUT2D eigenvalue weighted by Gasteiger charge is 2.29. The van der Waals surface area contributed by atoms with Crippen molar-refractivity contribution in [2.45, 2.75) is 6.92 Å². The number of carbonyl (C=O) groups excluding carboxylic acids is 2. The van der Waals surface area contributed by atoms with Gasteiger partial charge >= 0.3 is 11.9 Å². The molecule has 0 unspecified atom stereocenters. The number of methoxy groups -OCH3 is 1. The Morgan fingerprint density at radius 1 is 1.08 bits per heavy atom. The minimum Gasteiger partial charge on any atom is -0.478 e. The summed E-state index contributed by atoms with van der Waals surface area (Å²) in [4.78, 5) is 44.2. The summed E-state index contributed by atoms with van der Waals surface area (Å²) < 4.78 is 5.67. The lowest BCUT2D eigenvalue weighted by Gasteiger charge is -1.99. The molecule has 7 nitrogen and oxygen atoms in total. The number of rotatable bonds is 2. The summed E-state index contributed by atoms with van der Waals surface area (Å²) in [6, 6.07) is 9.31. The van der Waals surface area contributed by atoms with E-state index in [4.69, 9.17) is 5.11 Å². The molecule has 3 aromatic rings. The van der Waals surface area contributed by atoms with Gasteiger partial charge in [-0.3, -0.25) is 9.59 Å². The summed E-state index contributed by atoms with van der Waals surface area (Å²) in [6.07, 6.45) is 0. The van der Waals surface area contributed by atoms with E-state index in [1.54, 1.807) is 6.07 Å². The predicted octanol–water partition coefficient (Wildman–Crippen LogP) is 1.92. The molecule has 5 rings (SSSR count). The van der Waals surface area contributed by atoms with Crippen LogP contribution in [0, 0.1) is 6.92 Å². The Balaban J connectivity index is 0.000000146. The monoisotopic (exact) mass is 339 g/mol. The average molecular weight is 339 g/mol. The number of pyridine rings is 2. The number of hydrogen-bond donors (Lipinski definition) is 1. The first-order valence-electron chi connectivity index (χ1n) is 7.30. The van der Waals surface area contributed by atoms with E-state index in [0.717, 1.165) is 11.1 Å². The van der Waals surface area contributed by atoms with Crippen molar-refractivity contribution in [1.29, 1.82) is 0 Å². The molecule has 0 atom stereocenters. The van der Waals surface area contributed by atoms with E-state index in [1.807, 2.05) is 13.0 Å². The summed E-state index contributed by atoms with van der Waals surface area (Å²) in [5.74, 6) is -1.76. The molecule has 1 aromatic heterocycles. The second-order valence-corrected chi connectivity index (χ2v) is 5.51. The summed E-state index contributed by atoms with van der Waals surface area (Å²) in [6.45, 7) is 1.86. The molecule has 0 fully saturated rings. The first kappa shape index (κ1) is 16.4. The molecule has 0 radical (unpaired) electrons. The van der Waals surface area contributed by atoms with Crippen LogP contribution in [0.15, 0.2) is 41.2 Å². The number of ether oxygens (including phenoxy) is 1. The fourth-order valence-corrected chi connectivity index (χ4v) is 2.81. The maximum atomic E-state index is 11.4. The number of hydrogen-bond acceptors (Lipinski definition) is 5. The quantitative estimate of drug-likeness (QED) is 0.560. The highest BCUT2D eigenvalue weighted by molar-refractivity contribution is 6.14. The van der Waals surface area contributed by atoms with Gasteiger partial charge < -0.3 is 9.84 Å². The Kier molecular flexibility index (Phi) is 3.84. The molecule has 0 spiro atoms. The standard InChI is InChI=1S/C9H5NO2.C9H8O4/c1-4-2-5-3-6-7(4)9(12)10(5)8(6)11;1-13-9(12)7-4-2-3-6(5-7)8(10)11/h2-3H,1H3;2-5H,1H3,(H,10,11). The van der Waals surface area contributed by atoms with Crippen LogP contribution < -0.4 is 5.56 Å². The number of carbonyl (C=O) groups is 3. The van der Waals surface area contributed by atoms with Gasteiger partial charge in [-0.25, -0.2) is 14.2 Å². The van der Waals surface area contributed by atoms with Crippen molar-refractivity contribution in [2.75, 3.05) is 7.11 Å². The van der Waals surface area contributed by atoms with E-state index in [1.165, 1.54) is 35.9 Å². The third kappa shape index (κ3) is 2.55. The van der Waals surface area contributed by atoms with Crippen LogP contribution in [-0.4, -0.2) is 34.6 Å². The lowest BCUT2D eigenvalue weighted by atomic mass is 10.1. The molecule has 3 heterocycles. The van der Waals surface area contributed by atoms with Crippen molar-refractivity contribution >= 4 is 28.7 Å². The topological polar surface area (TPSA) is 103 Å². The Hall–Kier alpha value is -3.48. The molecule has 2 aromatic carbocycles. The van der Waals surface area contributed by atoms with Crippen LogP contribution in [0.2, 0.25) is 0 Å². The second-order valence-electron chi connectivity index (χ2n) is 5.51. The van der Waals surface area contributed by atoms with Gasteiger partial charge in [0.05, 0.1) is 34.7 Å². The van der Waals surface area contributed by atoms with E-state index in [-0.39, 0.29) is 22.6 Å². The normalized spacial score (nSPS) is 11.5. The van der Waals surface area contributed by atoms with Crippen molar-refractivity contribution in [3.05, 3.63) is 69.0 Å². The number of carboxylic acid groups (broad SMARTS) is 1. The van der Waals surface area contributed by atoms with Crippen LogP contribution in [0.25, 0.3) is 10.9 Å². The molecule has 1 N–H and O–H groups in total. The van der Waals surface area contributed by atoms with Gasteiger partial charge in [0.15, 0.2) is 0 Å². The van der Waals surface area contributed by atoms with Crippen LogP contribution >= 0.6 is 0 Å². The molecule has 7 heteroatoms. The minimum absolute atomic E-state index is 0.0721. The highest BCUT2D eigenvalue weighted by atomic mass is 16.5. The lowest BCUT2D eigenvalue weighted by molar-refractivity contribution is 0.0600. The summed E-state index contributed by atoms with van der Waals surface area (Å²) in [5.41, 5.74) is 2.38. The fraction of sp³-hybridized carbons (Fsp3) is 0.111. The maximum absolute atomic E-state index is 11.4. The third-order valence-electron chi connectivity index (χ3n) is 3.96. The van der Waals surface area contributed by atoms with E-state index in [9.17, 15) is 19.2 Å². The zero-order valence-corrected chi connectivity index (χ0v) is 13.4. The number of nitrogens with zero attached hydrogens (tertiary/aromatic N) is 1. The zero-order chi connectivity index (χ0) is 18.3. The van der Waals surface area contributed by atoms with E-state index < -0.39 is 11.9 Å². The van der Waals surface area contributed by atoms with Crippen LogP contribution in [0.1, 0.15) is 36.6 Å². The molecule has 2 aliphatic heterocycles. The van der Waals surface area contributed by atoms with Gasteiger partial charge in [0.2, 0.25) is 0 Å². The molecule has 0 aliphatic carbocycles. The number of aromatic carboxylic acids is 1. The maximum Gasteiger partial charge on any atom is 0.337 e. The molecule has 0 saturated heterocycles. The van der Waals surface area contributed by atoms with Gasteiger partial charge in [-0.05, 0) is 42.8 Å². The van der Waals surface area contributed by atoms with Gasteiger partial charge in [-0.1, -0.05) is 6.07 Å². The van der Waals surface area contributed by atoms with Crippen LogP contribution in [-0.2, 0) is 4.74 Å². The Labute approximate surface area is 141 Å². The largest absolute Gasteiger partial charge is 0.478 e. The van der Waals surface area contributed by atoms with Crippen molar-refractivity contribution < 1.29 is 24.2 Å². The molecule has 4 bridgehead atoms. The second kappa shape index (κ2) is 5.86. The Bertz CT molecular complexity index is 1080. The van der Waals surface area contributed by atoms with E-state index >= 15 is 0 Å². The summed E-state index contributed by atoms with van der Waals surface area (Å²) in [7, 11) is 1.25. The number of carboxylic acids is 1. The molecule has 25 heavy (non-hydrogen) atoms. The predicted molar refractivity (Wildman–Crippen MR) is 88.6 cm³/mol. The molecule has 0 saturated carbocycles. The lowest BCUT2D eigenvalue weighted by Crippen LogP contribution is -2.17. The van der Waals surface area contributed by atoms with Gasteiger partial charge in [0.1, 0.15) is 0 Å². The number of fused-ring (bicyclic) bond motifs is 1. The van der Waals surface area contributed by atoms with Crippen molar-refractivity contribution in [2.24, 2.45) is 0 Å². The average Bonchev–Trinajstić information content (AvgIpc) is 3.00. The summed E-state index contributed by atoms with van der Waals surface area (Å²) in [5, 5.41) is 9.20. The Morgan fingerprint density at radius 3 is 2.28 bits per heavy atom. The van der Waals surface area contributed by atoms with Crippen LogP contribution in [0.4, 0.5) is 0 Å². The van der Waals surface area contributed by atoms with Crippen LogP contribution in [0.5, 0.6) is 0 Å². The first-order valence-corrected chi connectivity index (χ1v) is 7.30. The summed E-state index contributed by atoms with van der Waals surface area (Å²) >= 11 is 0. The van der Waals surface area contributed by atoms with E-state index in [0.29, 0.717) is 10.9 Å². The number of esters is 1. The van der Waals surface area contributed by atoms with Crippen molar-refractivity contribution in [1.82, 2.24) is 4.57 Å². The van der Waals surface area contributed by atoms with Gasteiger partial charge in [-0.15, -0.1) is 0 Å². The number of benzene rings is 2. The van der Waals surface area contributed by atoms with Gasteiger partial charge in [0.25, 0.3) is 11.5 Å². The number of aromatic nitrogens is 1. The van der Waals surface area contributed by atoms with Gasteiger partial charge in [0, 0.05) is 0 Å². The SMILES string of the molecule is COC(=O)c1cccc(C(=O)O)c1.Cc1cc2cc3c1c(=O)n2C3=O. The molecule has 2 aliphatic rings. The van der Waals surface area contributed by atoms with Crippen molar-refractivity contribution in [3.8, 4) is 0 Å². The van der Waals surface area contributed by atoms with Crippen LogP contribution in [0.3, 0.4) is 0 Å². The molecular weight excluding hydrogens is 326 g/mol. The highest BCUT2D eigenvalue weighted by Crippen LogP contribution is 2.26.